The van der Waals surface area contributed by atoms with Crippen molar-refractivity contribution in [3.63, 3.8) is 0 Å². The molecule has 2 rings (SSSR count). The summed E-state index contributed by atoms with van der Waals surface area (Å²) in [7, 11) is -2.95. The molecule has 1 saturated heterocycles. The molecule has 0 bridgehead atoms. The van der Waals surface area contributed by atoms with Gasteiger partial charge in [-0.1, -0.05) is 18.7 Å². The number of amidine groups is 1. The van der Waals surface area contributed by atoms with Gasteiger partial charge in [-0.25, -0.2) is 8.42 Å². The first-order valence-electron chi connectivity index (χ1n) is 6.94. The van der Waals surface area contributed by atoms with Gasteiger partial charge < -0.3 is 5.32 Å². The molecular formula is C13H24N2O2S2. The molecule has 2 fully saturated rings. The topological polar surface area (TPSA) is 58.5 Å². The first-order chi connectivity index (χ1) is 8.78. The highest BCUT2D eigenvalue weighted by Gasteiger charge is 2.39. The molecule has 0 amide bonds. The average Bonchev–Trinajstić information content (AvgIpc) is 2.64. The molecule has 0 radical (unpaired) electrons. The maximum absolute atomic E-state index is 11.3. The van der Waals surface area contributed by atoms with Crippen molar-refractivity contribution in [1.29, 1.82) is 0 Å². The van der Waals surface area contributed by atoms with Gasteiger partial charge in [-0.2, -0.15) is 0 Å². The van der Waals surface area contributed by atoms with E-state index < -0.39 is 9.84 Å². The molecular weight excluding hydrogens is 280 g/mol. The molecule has 0 aromatic carbocycles. The van der Waals surface area contributed by atoms with Crippen molar-refractivity contribution in [3.05, 3.63) is 0 Å². The summed E-state index contributed by atoms with van der Waals surface area (Å²) in [5.41, 5.74) is 0.223. The highest BCUT2D eigenvalue weighted by Crippen LogP contribution is 2.38. The van der Waals surface area contributed by atoms with Crippen LogP contribution < -0.4 is 5.32 Å². The maximum Gasteiger partial charge on any atom is 0.157 e. The number of aliphatic imine (C=N–C) groups is 1. The van der Waals surface area contributed by atoms with Gasteiger partial charge in [-0.05, 0) is 38.5 Å². The summed E-state index contributed by atoms with van der Waals surface area (Å²) in [4.78, 5) is 4.52. The number of nitrogens with one attached hydrogen (secondary N) is 1. The standard InChI is InChI=1S/C13H24N2O2S2/c1-10-4-6-13(7-5-10)9-18-12(15-13)14-11(2)8-19(3,16)17/h10-11H,4-9H2,1-3H3,(H,14,15). The Bertz CT molecular complexity index is 451. The van der Waals surface area contributed by atoms with Crippen LogP contribution >= 0.6 is 11.8 Å². The Labute approximate surface area is 120 Å². The van der Waals surface area contributed by atoms with Crippen LogP contribution in [0.5, 0.6) is 0 Å². The number of hydrogen-bond acceptors (Lipinski definition) is 4. The van der Waals surface area contributed by atoms with Crippen LogP contribution in [0.3, 0.4) is 0 Å². The van der Waals surface area contributed by atoms with Gasteiger partial charge in [-0.15, -0.1) is 0 Å². The lowest BCUT2D eigenvalue weighted by molar-refractivity contribution is 0.250. The van der Waals surface area contributed by atoms with Gasteiger partial charge in [-0.3, -0.25) is 4.99 Å². The smallest absolute Gasteiger partial charge is 0.157 e. The molecule has 1 atom stereocenters. The highest BCUT2D eigenvalue weighted by atomic mass is 32.2. The van der Waals surface area contributed by atoms with Crippen LogP contribution in [0.4, 0.5) is 0 Å². The summed E-state index contributed by atoms with van der Waals surface area (Å²) in [6.45, 7) is 4.18. The number of nitrogens with zero attached hydrogens (tertiary/aromatic N) is 1. The monoisotopic (exact) mass is 304 g/mol. The van der Waals surface area contributed by atoms with Crippen molar-refractivity contribution in [1.82, 2.24) is 5.32 Å². The number of sulfone groups is 1. The third-order valence-electron chi connectivity index (χ3n) is 3.97. The van der Waals surface area contributed by atoms with Crippen LogP contribution in [-0.2, 0) is 9.84 Å². The lowest BCUT2D eigenvalue weighted by Gasteiger charge is -2.35. The van der Waals surface area contributed by atoms with E-state index in [2.05, 4.69) is 17.2 Å². The van der Waals surface area contributed by atoms with E-state index in [1.807, 2.05) is 6.92 Å². The summed E-state index contributed by atoms with van der Waals surface area (Å²) in [6, 6.07) is -0.164. The largest absolute Gasteiger partial charge is 0.359 e. The van der Waals surface area contributed by atoms with Gasteiger partial charge in [0.15, 0.2) is 5.17 Å². The van der Waals surface area contributed by atoms with Gasteiger partial charge in [0.05, 0.1) is 11.8 Å². The second kappa shape index (κ2) is 5.64. The van der Waals surface area contributed by atoms with Crippen LogP contribution in [0.2, 0.25) is 0 Å². The second-order valence-electron chi connectivity index (χ2n) is 6.25. The molecule has 1 heterocycles. The van der Waals surface area contributed by atoms with Crippen LogP contribution in [0, 0.1) is 5.92 Å². The Kier molecular flexibility index (Phi) is 4.50. The fourth-order valence-electron chi connectivity index (χ4n) is 2.83. The van der Waals surface area contributed by atoms with Crippen LogP contribution in [-0.4, -0.2) is 42.9 Å². The molecule has 2 aliphatic rings. The third-order valence-corrected chi connectivity index (χ3v) is 6.24. The molecule has 1 saturated carbocycles. The van der Waals surface area contributed by atoms with Crippen LogP contribution in [0.1, 0.15) is 39.5 Å². The minimum Gasteiger partial charge on any atom is -0.359 e. The Morgan fingerprint density at radius 2 is 2.11 bits per heavy atom. The van der Waals surface area contributed by atoms with E-state index in [1.165, 1.54) is 31.9 Å². The minimum absolute atomic E-state index is 0.128. The molecule has 1 aliphatic heterocycles. The zero-order valence-corrected chi connectivity index (χ0v) is 13.6. The molecule has 0 aromatic heterocycles. The first-order valence-corrected chi connectivity index (χ1v) is 9.99. The van der Waals surface area contributed by atoms with Gasteiger partial charge in [0, 0.05) is 17.5 Å². The molecule has 110 valence electrons. The quantitative estimate of drug-likeness (QED) is 0.867. The zero-order chi connectivity index (χ0) is 14.1. The molecule has 0 aromatic rings. The SMILES string of the molecule is CC1CCC2(CC1)CSC(=NC(C)CS(C)(=O)=O)N2. The molecule has 19 heavy (non-hydrogen) atoms. The fourth-order valence-corrected chi connectivity index (χ4v) is 5.10. The summed E-state index contributed by atoms with van der Waals surface area (Å²) in [5, 5.41) is 4.50. The number of rotatable bonds is 3. The van der Waals surface area contributed by atoms with E-state index in [9.17, 15) is 8.42 Å². The highest BCUT2D eigenvalue weighted by molar-refractivity contribution is 8.14. The van der Waals surface area contributed by atoms with E-state index in [-0.39, 0.29) is 17.3 Å². The van der Waals surface area contributed by atoms with E-state index in [0.717, 1.165) is 16.8 Å². The molecule has 1 aliphatic carbocycles. The van der Waals surface area contributed by atoms with Gasteiger partial charge >= 0.3 is 0 Å². The second-order valence-corrected chi connectivity index (χ2v) is 9.40. The zero-order valence-electron chi connectivity index (χ0n) is 12.0. The van der Waals surface area contributed by atoms with Crippen molar-refractivity contribution < 1.29 is 8.42 Å². The Morgan fingerprint density at radius 1 is 1.47 bits per heavy atom. The van der Waals surface area contributed by atoms with Crippen molar-refractivity contribution >= 4 is 26.8 Å². The number of thioether (sulfide) groups is 1. The van der Waals surface area contributed by atoms with E-state index >= 15 is 0 Å². The Morgan fingerprint density at radius 3 is 2.68 bits per heavy atom. The summed E-state index contributed by atoms with van der Waals surface area (Å²) in [5.74, 6) is 2.04. The van der Waals surface area contributed by atoms with E-state index in [4.69, 9.17) is 0 Å². The normalized spacial score (nSPS) is 35.5. The lowest BCUT2D eigenvalue weighted by Crippen LogP contribution is -2.46. The number of hydrogen-bond donors (Lipinski definition) is 1. The Hall–Kier alpha value is -0.230. The predicted molar refractivity (Wildman–Crippen MR) is 82.6 cm³/mol. The summed E-state index contributed by atoms with van der Waals surface area (Å²) < 4.78 is 22.5. The predicted octanol–water partition coefficient (Wildman–Crippen LogP) is 2.06. The molecule has 4 nitrogen and oxygen atoms in total. The minimum atomic E-state index is -2.95. The van der Waals surface area contributed by atoms with Crippen molar-refractivity contribution in [2.75, 3.05) is 17.8 Å². The van der Waals surface area contributed by atoms with E-state index in [1.54, 1.807) is 11.8 Å². The van der Waals surface area contributed by atoms with Crippen LogP contribution in [0.15, 0.2) is 4.99 Å². The van der Waals surface area contributed by atoms with Crippen LogP contribution in [0.25, 0.3) is 0 Å². The lowest BCUT2D eigenvalue weighted by atomic mass is 9.78. The van der Waals surface area contributed by atoms with Crippen molar-refractivity contribution in [2.45, 2.75) is 51.1 Å². The van der Waals surface area contributed by atoms with Gasteiger partial charge in [0.2, 0.25) is 0 Å². The van der Waals surface area contributed by atoms with Crippen molar-refractivity contribution in [3.8, 4) is 0 Å². The summed E-state index contributed by atoms with van der Waals surface area (Å²) >= 11 is 1.75. The average molecular weight is 304 g/mol. The summed E-state index contributed by atoms with van der Waals surface area (Å²) in [6.07, 6.45) is 6.24. The first kappa shape index (κ1) is 15.2. The molecule has 1 unspecified atom stereocenters. The molecule has 6 heteroatoms. The van der Waals surface area contributed by atoms with Gasteiger partial charge in [0.25, 0.3) is 0 Å². The third kappa shape index (κ3) is 4.38. The fraction of sp³-hybridized carbons (Fsp3) is 0.923. The molecule has 1 spiro atoms. The van der Waals surface area contributed by atoms with Gasteiger partial charge in [0.1, 0.15) is 9.84 Å². The Balaban J connectivity index is 1.94. The van der Waals surface area contributed by atoms with Crippen molar-refractivity contribution in [2.24, 2.45) is 10.9 Å². The maximum atomic E-state index is 11.3. The molecule has 1 N–H and O–H groups in total. The van der Waals surface area contributed by atoms with E-state index in [0.29, 0.717) is 0 Å².